The number of hydrogen-bond acceptors (Lipinski definition) is 3. The van der Waals surface area contributed by atoms with Gasteiger partial charge >= 0.3 is 0 Å². The van der Waals surface area contributed by atoms with Gasteiger partial charge < -0.3 is 29.1 Å². The summed E-state index contributed by atoms with van der Waals surface area (Å²) in [6.45, 7) is 3.88. The predicted molar refractivity (Wildman–Crippen MR) is 125 cm³/mol. The van der Waals surface area contributed by atoms with E-state index in [1.54, 1.807) is 0 Å². The third-order valence-corrected chi connectivity index (χ3v) is 8.04. The molecule has 3 aromatic heterocycles. The molecule has 32 heavy (non-hydrogen) atoms. The number of benzene rings is 3. The number of hydrogen-bond donors (Lipinski definition) is 3. The topological polar surface area (TPSA) is 75.3 Å². The van der Waals surface area contributed by atoms with Gasteiger partial charge in [0.2, 0.25) is 0 Å². The Hall–Kier alpha value is -3.48. The average molecular weight is 423 g/mol. The second kappa shape index (κ2) is 4.95. The van der Waals surface area contributed by atoms with Gasteiger partial charge in [-0.1, -0.05) is 36.4 Å². The van der Waals surface area contributed by atoms with Crippen LogP contribution in [0.4, 0.5) is 0 Å². The molecule has 3 atom stereocenters. The first-order valence-corrected chi connectivity index (χ1v) is 11.0. The lowest BCUT2D eigenvalue weighted by Gasteiger charge is -2.37. The molecule has 0 unspecified atom stereocenters. The van der Waals surface area contributed by atoms with Crippen LogP contribution in [-0.2, 0) is 10.5 Å². The largest absolute Gasteiger partial charge is 0.494 e. The van der Waals surface area contributed by atoms with E-state index in [1.807, 2.05) is 44.3 Å². The molecule has 2 aliphatic rings. The van der Waals surface area contributed by atoms with E-state index in [0.717, 1.165) is 54.4 Å². The van der Waals surface area contributed by atoms with Crippen LogP contribution in [0.2, 0.25) is 0 Å². The maximum atomic E-state index is 11.7. The minimum Gasteiger partial charge on any atom is -0.494 e. The van der Waals surface area contributed by atoms with Crippen LogP contribution in [0.5, 0.6) is 5.88 Å². The number of rotatable bonds is 0. The van der Waals surface area contributed by atoms with Crippen molar-refractivity contribution in [3.8, 4) is 5.88 Å². The van der Waals surface area contributed by atoms with Crippen LogP contribution in [-0.4, -0.2) is 29.9 Å². The summed E-state index contributed by atoms with van der Waals surface area (Å²) in [5.74, 6) is 0.176. The molecule has 8 rings (SSSR count). The molecule has 1 saturated heterocycles. The summed E-state index contributed by atoms with van der Waals surface area (Å²) in [6.07, 6.45) is 2.05. The Kier molecular flexibility index (Phi) is 2.65. The van der Waals surface area contributed by atoms with E-state index in [1.165, 1.54) is 0 Å². The fourth-order valence-electron chi connectivity index (χ4n) is 6.49. The highest BCUT2D eigenvalue weighted by Crippen LogP contribution is 2.57. The highest BCUT2D eigenvalue weighted by molar-refractivity contribution is 6.37. The lowest BCUT2D eigenvalue weighted by Crippen LogP contribution is -2.48. The molecule has 0 amide bonds. The first kappa shape index (κ1) is 17.1. The molecule has 158 valence electrons. The molecule has 0 saturated carbocycles. The molecule has 6 heteroatoms. The maximum Gasteiger partial charge on any atom is 0.197 e. The number of fused-ring (bicyclic) bond motifs is 13. The molecule has 6 nitrogen and oxygen atoms in total. The zero-order valence-corrected chi connectivity index (χ0v) is 17.7. The van der Waals surface area contributed by atoms with Gasteiger partial charge in [-0.05, 0) is 26.0 Å². The van der Waals surface area contributed by atoms with Gasteiger partial charge in [-0.3, -0.25) is 0 Å². The Balaban J connectivity index is 1.84. The summed E-state index contributed by atoms with van der Waals surface area (Å²) in [7, 11) is 0. The number of nitrogens with one attached hydrogen (secondary N) is 1. The van der Waals surface area contributed by atoms with Crippen LogP contribution in [0.25, 0.3) is 54.4 Å². The molecule has 1 fully saturated rings. The summed E-state index contributed by atoms with van der Waals surface area (Å²) >= 11 is 0. The zero-order chi connectivity index (χ0) is 21.6. The Morgan fingerprint density at radius 2 is 1.59 bits per heavy atom. The lowest BCUT2D eigenvalue weighted by atomic mass is 9.91. The highest BCUT2D eigenvalue weighted by Gasteiger charge is 2.58. The van der Waals surface area contributed by atoms with Crippen molar-refractivity contribution in [2.45, 2.75) is 37.8 Å². The standard InChI is InChI=1S/C26H21N3O3/c1-25(31)11-18-28-16-9-5-3-7-13(16)20-21-15(12-27-24(21)30)19-14-8-4-6-10-17(14)29(23(19)22(20)28)26(25,2)32-18/h3-10,12,18,27,30-31H,11H2,1-2H3/t18-,25+,26+/m1/s1. The fourth-order valence-corrected chi connectivity index (χ4v) is 6.49. The number of aromatic hydroxyl groups is 1. The number of H-pyrrole nitrogens is 1. The molecular weight excluding hydrogens is 402 g/mol. The van der Waals surface area contributed by atoms with Crippen molar-refractivity contribution in [3.05, 3.63) is 54.7 Å². The third kappa shape index (κ3) is 1.58. The first-order valence-electron chi connectivity index (χ1n) is 11.0. The number of aliphatic hydroxyl groups is 1. The second-order valence-electron chi connectivity index (χ2n) is 9.65. The van der Waals surface area contributed by atoms with Gasteiger partial charge in [0.25, 0.3) is 0 Å². The van der Waals surface area contributed by atoms with Crippen LogP contribution in [0, 0.1) is 0 Å². The summed E-state index contributed by atoms with van der Waals surface area (Å²) < 4.78 is 11.2. The van der Waals surface area contributed by atoms with Crippen molar-refractivity contribution < 1.29 is 14.9 Å². The van der Waals surface area contributed by atoms with Gasteiger partial charge in [-0.15, -0.1) is 0 Å². The Bertz CT molecular complexity index is 1800. The number of aromatic amines is 1. The van der Waals surface area contributed by atoms with Gasteiger partial charge in [0.1, 0.15) is 11.8 Å². The molecule has 6 aromatic rings. The molecule has 3 N–H and O–H groups in total. The number of aromatic nitrogens is 3. The van der Waals surface area contributed by atoms with Crippen LogP contribution in [0.3, 0.4) is 0 Å². The maximum absolute atomic E-state index is 11.7. The van der Waals surface area contributed by atoms with Crippen LogP contribution < -0.4 is 0 Å². The van der Waals surface area contributed by atoms with E-state index >= 15 is 0 Å². The molecule has 0 radical (unpaired) electrons. The van der Waals surface area contributed by atoms with Crippen molar-refractivity contribution in [3.63, 3.8) is 0 Å². The van der Waals surface area contributed by atoms with Crippen LogP contribution in [0.15, 0.2) is 54.7 Å². The fraction of sp³-hybridized carbons (Fsp3) is 0.231. The summed E-state index contributed by atoms with van der Waals surface area (Å²) in [4.78, 5) is 3.07. The van der Waals surface area contributed by atoms with Gasteiger partial charge in [0, 0.05) is 39.5 Å². The minimum absolute atomic E-state index is 0.176. The predicted octanol–water partition coefficient (Wildman–Crippen LogP) is 5.45. The molecule has 3 aromatic carbocycles. The van der Waals surface area contributed by atoms with Crippen molar-refractivity contribution >= 4 is 54.4 Å². The SMILES string of the molecule is C[C@]1(O)C[C@H]2O[C@]1(C)n1c3ccccc3c3c4c[nH]c(O)c4c4c5ccccc5n2c4c31. The van der Waals surface area contributed by atoms with E-state index in [4.69, 9.17) is 4.74 Å². The molecule has 0 aliphatic carbocycles. The van der Waals surface area contributed by atoms with Crippen LogP contribution in [0.1, 0.15) is 26.5 Å². The Labute approximate surface area is 182 Å². The van der Waals surface area contributed by atoms with Crippen molar-refractivity contribution in [1.29, 1.82) is 0 Å². The zero-order valence-electron chi connectivity index (χ0n) is 17.7. The van der Waals surface area contributed by atoms with Gasteiger partial charge in [-0.25, -0.2) is 0 Å². The van der Waals surface area contributed by atoms with E-state index in [-0.39, 0.29) is 12.1 Å². The molecule has 0 spiro atoms. The lowest BCUT2D eigenvalue weighted by molar-refractivity contribution is -0.170. The van der Waals surface area contributed by atoms with Crippen LogP contribution >= 0.6 is 0 Å². The smallest absolute Gasteiger partial charge is 0.197 e. The molecule has 2 bridgehead atoms. The quantitative estimate of drug-likeness (QED) is 0.304. The van der Waals surface area contributed by atoms with E-state index in [9.17, 15) is 10.2 Å². The Morgan fingerprint density at radius 3 is 2.38 bits per heavy atom. The van der Waals surface area contributed by atoms with Gasteiger partial charge in [-0.2, -0.15) is 0 Å². The van der Waals surface area contributed by atoms with E-state index in [0.29, 0.717) is 6.42 Å². The normalized spacial score (nSPS) is 27.0. The minimum atomic E-state index is -1.07. The number of ether oxygens (including phenoxy) is 1. The Morgan fingerprint density at radius 1 is 0.906 bits per heavy atom. The number of para-hydroxylation sites is 2. The third-order valence-electron chi connectivity index (χ3n) is 8.04. The average Bonchev–Trinajstić information content (AvgIpc) is 3.45. The highest BCUT2D eigenvalue weighted by atomic mass is 16.6. The van der Waals surface area contributed by atoms with Crippen molar-refractivity contribution in [2.24, 2.45) is 0 Å². The van der Waals surface area contributed by atoms with Crippen molar-refractivity contribution in [2.75, 3.05) is 0 Å². The molecule has 2 aliphatic heterocycles. The molecule has 5 heterocycles. The summed E-state index contributed by atoms with van der Waals surface area (Å²) in [6, 6.07) is 16.5. The van der Waals surface area contributed by atoms with Gasteiger partial charge in [0.05, 0.1) is 27.5 Å². The second-order valence-corrected chi connectivity index (χ2v) is 9.65. The monoisotopic (exact) mass is 423 g/mol. The van der Waals surface area contributed by atoms with E-state index < -0.39 is 11.3 Å². The number of nitrogens with zero attached hydrogens (tertiary/aromatic N) is 2. The van der Waals surface area contributed by atoms with E-state index in [2.05, 4.69) is 38.4 Å². The molecular formula is C26H21N3O3. The van der Waals surface area contributed by atoms with Crippen molar-refractivity contribution in [1.82, 2.24) is 14.1 Å². The summed E-state index contributed by atoms with van der Waals surface area (Å²) in [5, 5.41) is 28.7. The van der Waals surface area contributed by atoms with Gasteiger partial charge in [0.15, 0.2) is 11.6 Å². The first-order chi connectivity index (χ1) is 15.4. The summed E-state index contributed by atoms with van der Waals surface area (Å²) in [5.41, 5.74) is 2.12.